The van der Waals surface area contributed by atoms with Gasteiger partial charge < -0.3 is 25.4 Å². The van der Waals surface area contributed by atoms with E-state index in [-0.39, 0.29) is 17.4 Å². The Morgan fingerprint density at radius 1 is 0.810 bits per heavy atom. The molecule has 2 amide bonds. The molecule has 5 aromatic rings. The first-order valence-electron chi connectivity index (χ1n) is 19.8. The zero-order valence-corrected chi connectivity index (χ0v) is 35.2. The van der Waals surface area contributed by atoms with E-state index >= 15 is 0 Å². The van der Waals surface area contributed by atoms with E-state index in [1.807, 2.05) is 104 Å². The van der Waals surface area contributed by atoms with E-state index in [2.05, 4.69) is 83.4 Å². The Morgan fingerprint density at radius 2 is 1.36 bits per heavy atom. The minimum Gasteiger partial charge on any atom is -0.480 e. The lowest BCUT2D eigenvalue weighted by atomic mass is 9.84. The van der Waals surface area contributed by atoms with Crippen LogP contribution >= 0.6 is 23.5 Å². The molecule has 0 bridgehead atoms. The number of carbonyl (C=O) groups is 3. The monoisotopic (exact) mass is 815 g/mol. The zero-order chi connectivity index (χ0) is 41.1. The summed E-state index contributed by atoms with van der Waals surface area (Å²) < 4.78 is 5.41. The van der Waals surface area contributed by atoms with Gasteiger partial charge in [0.1, 0.15) is 11.6 Å². The van der Waals surface area contributed by atoms with Crippen LogP contribution in [0.2, 0.25) is 0 Å². The number of thioether (sulfide) groups is 2. The Morgan fingerprint density at radius 3 is 1.88 bits per heavy atom. The molecule has 302 valence electrons. The normalized spacial score (nSPS) is 16.0. The van der Waals surface area contributed by atoms with Crippen molar-refractivity contribution in [2.24, 2.45) is 0 Å². The van der Waals surface area contributed by atoms with Gasteiger partial charge in [0, 0.05) is 29.6 Å². The van der Waals surface area contributed by atoms with E-state index < -0.39 is 28.3 Å². The molecule has 8 nitrogen and oxygen atoms in total. The van der Waals surface area contributed by atoms with Gasteiger partial charge in [0.2, 0.25) is 0 Å². The lowest BCUT2D eigenvalue weighted by Gasteiger charge is -2.39. The fourth-order valence-corrected chi connectivity index (χ4v) is 9.91. The van der Waals surface area contributed by atoms with E-state index in [1.165, 1.54) is 11.8 Å². The van der Waals surface area contributed by atoms with Gasteiger partial charge in [-0.15, -0.1) is 11.8 Å². The maximum absolute atomic E-state index is 14.0. The second-order valence-electron chi connectivity index (χ2n) is 15.5. The molecule has 1 saturated heterocycles. The summed E-state index contributed by atoms with van der Waals surface area (Å²) in [7, 11) is 0. The van der Waals surface area contributed by atoms with E-state index in [4.69, 9.17) is 4.74 Å². The number of carboxylic acid groups (broad SMARTS) is 1. The molecule has 0 saturated carbocycles. The lowest BCUT2D eigenvalue weighted by Crippen LogP contribution is -2.46. The number of amides is 2. The van der Waals surface area contributed by atoms with E-state index in [1.54, 1.807) is 6.07 Å². The molecule has 1 heterocycles. The van der Waals surface area contributed by atoms with Gasteiger partial charge in [-0.25, -0.2) is 9.59 Å². The number of carboxylic acids is 1. The third-order valence-electron chi connectivity index (χ3n) is 10.3. The molecule has 0 aromatic heterocycles. The van der Waals surface area contributed by atoms with Crippen LogP contribution in [0.3, 0.4) is 0 Å². The molecule has 0 radical (unpaired) electrons. The summed E-state index contributed by atoms with van der Waals surface area (Å²) in [5.41, 5.74) is 5.79. The van der Waals surface area contributed by atoms with Crippen LogP contribution in [0.25, 0.3) is 0 Å². The molecule has 0 unspecified atom stereocenters. The van der Waals surface area contributed by atoms with Crippen molar-refractivity contribution in [3.8, 4) is 0 Å². The van der Waals surface area contributed by atoms with E-state index in [9.17, 15) is 19.5 Å². The van der Waals surface area contributed by atoms with Crippen molar-refractivity contribution in [2.75, 3.05) is 30.4 Å². The maximum Gasteiger partial charge on any atom is 0.410 e. The summed E-state index contributed by atoms with van der Waals surface area (Å²) in [6.45, 7) is 6.63. The average molecular weight is 816 g/mol. The molecule has 1 aliphatic heterocycles. The van der Waals surface area contributed by atoms with Crippen LogP contribution in [0.5, 0.6) is 0 Å². The van der Waals surface area contributed by atoms with Crippen molar-refractivity contribution >= 4 is 47.2 Å². The number of nitrogens with one attached hydrogen (secondary N) is 2. The molecule has 6 rings (SSSR count). The predicted molar refractivity (Wildman–Crippen MR) is 238 cm³/mol. The smallest absolute Gasteiger partial charge is 0.410 e. The fourth-order valence-electron chi connectivity index (χ4n) is 7.54. The van der Waals surface area contributed by atoms with Crippen molar-refractivity contribution < 1.29 is 24.2 Å². The summed E-state index contributed by atoms with van der Waals surface area (Å²) in [4.78, 5) is 41.6. The number of benzene rings is 5. The van der Waals surface area contributed by atoms with Crippen LogP contribution in [0, 0.1) is 0 Å². The van der Waals surface area contributed by atoms with E-state index in [0.717, 1.165) is 39.9 Å². The molecule has 3 N–H and O–H groups in total. The predicted octanol–water partition coefficient (Wildman–Crippen LogP) is 9.73. The molecule has 1 fully saturated rings. The minimum atomic E-state index is -1.06. The van der Waals surface area contributed by atoms with Crippen molar-refractivity contribution in [1.29, 1.82) is 0 Å². The molecular formula is C48H53N3O5S2. The van der Waals surface area contributed by atoms with Crippen LogP contribution in [0.4, 0.5) is 10.5 Å². The highest BCUT2D eigenvalue weighted by Crippen LogP contribution is 2.52. The van der Waals surface area contributed by atoms with Crippen LogP contribution in [-0.4, -0.2) is 76.0 Å². The van der Waals surface area contributed by atoms with Crippen LogP contribution in [0.15, 0.2) is 140 Å². The quantitative estimate of drug-likeness (QED) is 0.0846. The number of ether oxygens (including phenoxy) is 1. The largest absolute Gasteiger partial charge is 0.480 e. The molecule has 1 aliphatic rings. The zero-order valence-electron chi connectivity index (χ0n) is 33.6. The maximum atomic E-state index is 14.0. The Bertz CT molecular complexity index is 2020. The van der Waals surface area contributed by atoms with Gasteiger partial charge in [0.25, 0.3) is 5.91 Å². The number of rotatable bonds is 16. The molecule has 5 aromatic carbocycles. The standard InChI is InChI=1S/C48H53N3O5S2/c1-47(2,3)56-46(55)51-29-27-43(58-48(36-19-11-6-12-20-36,37-21-13-7-14-22-37)38-23-15-8-16-24-38)42(51)33-49-39-25-26-40(35(32-39)31-34-17-9-5-10-18-34)44(52)50-41(45(53)54)28-30-57-4/h5-26,32,41-43,49H,27-31,33H2,1-4H3,(H,50,52)(H,53,54)/t41-,42+,43-/m0/s1. The molecule has 0 aliphatic carbocycles. The molecule has 58 heavy (non-hydrogen) atoms. The van der Waals surface area contributed by atoms with Crippen molar-refractivity contribution in [1.82, 2.24) is 10.2 Å². The van der Waals surface area contributed by atoms with Crippen molar-refractivity contribution in [3.05, 3.63) is 173 Å². The minimum absolute atomic E-state index is 0.0105. The second kappa shape index (κ2) is 19.5. The first-order valence-corrected chi connectivity index (χ1v) is 22.0. The van der Waals surface area contributed by atoms with Crippen molar-refractivity contribution in [2.45, 2.75) is 67.7 Å². The van der Waals surface area contributed by atoms with Gasteiger partial charge in [0.05, 0.1) is 10.8 Å². The van der Waals surface area contributed by atoms with Crippen LogP contribution < -0.4 is 10.6 Å². The van der Waals surface area contributed by atoms with E-state index in [0.29, 0.717) is 37.2 Å². The summed E-state index contributed by atoms with van der Waals surface area (Å²) in [5, 5.41) is 16.3. The van der Waals surface area contributed by atoms with Crippen molar-refractivity contribution in [3.63, 3.8) is 0 Å². The SMILES string of the molecule is CSCC[C@H](NC(=O)c1ccc(NC[C@@H]2[C@@H](SC(c3ccccc3)(c3ccccc3)c3ccccc3)CCN2C(=O)OC(C)(C)C)cc1Cc1ccccc1)C(=O)O. The Balaban J connectivity index is 1.36. The summed E-state index contributed by atoms with van der Waals surface area (Å²) in [5.74, 6) is -0.867. The number of anilines is 1. The summed E-state index contributed by atoms with van der Waals surface area (Å²) in [6, 6.07) is 46.0. The molecule has 3 atom stereocenters. The third-order valence-corrected chi connectivity index (χ3v) is 12.9. The third kappa shape index (κ3) is 10.5. The van der Waals surface area contributed by atoms with Gasteiger partial charge in [-0.2, -0.15) is 11.8 Å². The van der Waals surface area contributed by atoms with Gasteiger partial charge in [0.15, 0.2) is 0 Å². The highest BCUT2D eigenvalue weighted by atomic mass is 32.2. The van der Waals surface area contributed by atoms with Gasteiger partial charge in [-0.1, -0.05) is 121 Å². The van der Waals surface area contributed by atoms with Gasteiger partial charge in [-0.05, 0) is 98.1 Å². The molecule has 0 spiro atoms. The molecular weight excluding hydrogens is 763 g/mol. The first kappa shape index (κ1) is 42.4. The fraction of sp³-hybridized carbons (Fsp3) is 0.312. The lowest BCUT2D eigenvalue weighted by molar-refractivity contribution is -0.139. The second-order valence-corrected chi connectivity index (χ2v) is 18.0. The van der Waals surface area contributed by atoms with Gasteiger partial charge >= 0.3 is 12.1 Å². The number of carbonyl (C=O) groups excluding carboxylic acids is 2. The topological polar surface area (TPSA) is 108 Å². The van der Waals surface area contributed by atoms with Gasteiger partial charge in [-0.3, -0.25) is 4.79 Å². The number of hydrogen-bond donors (Lipinski definition) is 3. The summed E-state index contributed by atoms with van der Waals surface area (Å²) >= 11 is 3.41. The molecule has 10 heteroatoms. The highest BCUT2D eigenvalue weighted by molar-refractivity contribution is 8.01. The number of nitrogens with zero attached hydrogens (tertiary/aromatic N) is 1. The Labute approximate surface area is 351 Å². The average Bonchev–Trinajstić information content (AvgIpc) is 3.63. The number of aliphatic carboxylic acids is 1. The Kier molecular flexibility index (Phi) is 14.3. The Hall–Kier alpha value is -5.19. The number of likely N-dealkylation sites (tertiary alicyclic amines) is 1. The van der Waals surface area contributed by atoms with Crippen LogP contribution in [-0.2, 0) is 20.7 Å². The first-order chi connectivity index (χ1) is 28.0. The highest BCUT2D eigenvalue weighted by Gasteiger charge is 2.46. The van der Waals surface area contributed by atoms with Crippen LogP contribution in [0.1, 0.15) is 71.8 Å². The summed E-state index contributed by atoms with van der Waals surface area (Å²) in [6.07, 6.45) is 3.12. The number of hydrogen-bond acceptors (Lipinski definition) is 7.